The third kappa shape index (κ3) is 5.63. The summed E-state index contributed by atoms with van der Waals surface area (Å²) >= 11 is 0. The lowest BCUT2D eigenvalue weighted by molar-refractivity contribution is 0.598. The van der Waals surface area contributed by atoms with Crippen LogP contribution in [0.2, 0.25) is 0 Å². The van der Waals surface area contributed by atoms with E-state index >= 15 is 0 Å². The summed E-state index contributed by atoms with van der Waals surface area (Å²) in [6, 6.07) is 6.17. The van der Waals surface area contributed by atoms with E-state index in [1.165, 1.54) is 0 Å². The van der Waals surface area contributed by atoms with Crippen LogP contribution in [0, 0.1) is 0 Å². The summed E-state index contributed by atoms with van der Waals surface area (Å²) < 4.78 is 4.01. The molecule has 152 valence electrons. The van der Waals surface area contributed by atoms with Gasteiger partial charge in [-0.15, -0.1) is 44.4 Å². The van der Waals surface area contributed by atoms with Crippen molar-refractivity contribution in [2.75, 3.05) is 6.54 Å². The van der Waals surface area contributed by atoms with Gasteiger partial charge in [0.05, 0.1) is 0 Å². The molecule has 0 amide bonds. The number of nitrogens with one attached hydrogen (secondary N) is 2. The maximum atomic E-state index is 4.70. The molecule has 1 unspecified atom stereocenters. The zero-order valence-electron chi connectivity index (χ0n) is 16.5. The maximum absolute atomic E-state index is 4.70. The average molecular weight is 497 g/mol. The fourth-order valence-corrected chi connectivity index (χ4v) is 2.67. The lowest BCUT2D eigenvalue weighted by atomic mass is 10.3. The van der Waals surface area contributed by atoms with Gasteiger partial charge in [-0.25, -0.2) is 4.99 Å². The predicted octanol–water partition coefficient (Wildman–Crippen LogP) is 2.04. The summed E-state index contributed by atoms with van der Waals surface area (Å²) in [5, 5.41) is 23.3. The van der Waals surface area contributed by atoms with Crippen molar-refractivity contribution in [3.05, 3.63) is 42.4 Å². The molecule has 0 aromatic carbocycles. The summed E-state index contributed by atoms with van der Waals surface area (Å²) in [5.74, 6) is 2.56. The third-order valence-corrected chi connectivity index (χ3v) is 4.42. The van der Waals surface area contributed by atoms with E-state index in [2.05, 4.69) is 56.4 Å². The Morgan fingerprint density at radius 1 is 1.18 bits per heavy atom. The van der Waals surface area contributed by atoms with E-state index in [4.69, 9.17) is 4.99 Å². The maximum Gasteiger partial charge on any atom is 0.191 e. The molecule has 3 aromatic rings. The van der Waals surface area contributed by atoms with Crippen molar-refractivity contribution in [3.8, 4) is 0 Å². The molecule has 0 aliphatic heterocycles. The van der Waals surface area contributed by atoms with Gasteiger partial charge in [0, 0.05) is 31.7 Å². The number of hydrogen-bond acceptors (Lipinski definition) is 5. The summed E-state index contributed by atoms with van der Waals surface area (Å²) in [6.07, 6.45) is 5.60. The van der Waals surface area contributed by atoms with Gasteiger partial charge in [-0.05, 0) is 25.5 Å². The van der Waals surface area contributed by atoms with Gasteiger partial charge < -0.3 is 15.2 Å². The lowest BCUT2D eigenvalue weighted by Crippen LogP contribution is -2.43. The van der Waals surface area contributed by atoms with E-state index in [1.807, 2.05) is 28.8 Å². The molecule has 0 radical (unpaired) electrons. The predicted molar refractivity (Wildman–Crippen MR) is 120 cm³/mol. The summed E-state index contributed by atoms with van der Waals surface area (Å²) in [5.41, 5.74) is 0.826. The largest absolute Gasteiger partial charge is 0.355 e. The fourth-order valence-electron chi connectivity index (χ4n) is 2.67. The number of pyridine rings is 1. The number of aliphatic imine (C=N–C) groups is 1. The van der Waals surface area contributed by atoms with Gasteiger partial charge in [-0.3, -0.25) is 4.40 Å². The number of nitrogens with zero attached hydrogens (tertiary/aromatic N) is 7. The van der Waals surface area contributed by atoms with Crippen molar-refractivity contribution >= 4 is 35.6 Å². The van der Waals surface area contributed by atoms with Crippen LogP contribution in [0.4, 0.5) is 0 Å². The van der Waals surface area contributed by atoms with Crippen molar-refractivity contribution < 1.29 is 0 Å². The van der Waals surface area contributed by atoms with E-state index in [1.54, 1.807) is 6.33 Å². The number of halogens is 1. The van der Waals surface area contributed by atoms with E-state index in [9.17, 15) is 0 Å². The Hall–Kier alpha value is -2.24. The number of guanidine groups is 1. The van der Waals surface area contributed by atoms with Crippen molar-refractivity contribution in [2.45, 2.75) is 52.7 Å². The molecular weight excluding hydrogens is 469 g/mol. The lowest BCUT2D eigenvalue weighted by Gasteiger charge is -2.17. The molecule has 0 spiro atoms. The molecule has 0 fully saturated rings. The van der Waals surface area contributed by atoms with Crippen LogP contribution in [-0.4, -0.2) is 47.9 Å². The summed E-state index contributed by atoms with van der Waals surface area (Å²) in [6.45, 7) is 8.32. The molecule has 28 heavy (non-hydrogen) atoms. The van der Waals surface area contributed by atoms with Crippen LogP contribution < -0.4 is 10.6 Å². The molecule has 3 aromatic heterocycles. The highest BCUT2D eigenvalue weighted by molar-refractivity contribution is 14.0. The number of fused-ring (bicyclic) bond motifs is 1. The van der Waals surface area contributed by atoms with Crippen molar-refractivity contribution in [1.82, 2.24) is 40.0 Å². The van der Waals surface area contributed by atoms with E-state index < -0.39 is 0 Å². The Morgan fingerprint density at radius 3 is 2.82 bits per heavy atom. The summed E-state index contributed by atoms with van der Waals surface area (Å²) in [7, 11) is 0. The molecule has 0 saturated heterocycles. The second-order valence-corrected chi connectivity index (χ2v) is 6.38. The highest BCUT2D eigenvalue weighted by atomic mass is 127. The number of hydrogen-bond donors (Lipinski definition) is 2. The minimum Gasteiger partial charge on any atom is -0.355 e. The van der Waals surface area contributed by atoms with Crippen LogP contribution in [0.1, 0.15) is 38.8 Å². The van der Waals surface area contributed by atoms with Crippen LogP contribution in [0.25, 0.3) is 5.65 Å². The van der Waals surface area contributed by atoms with Crippen molar-refractivity contribution in [2.24, 2.45) is 4.99 Å². The van der Waals surface area contributed by atoms with Gasteiger partial charge in [0.2, 0.25) is 0 Å². The molecule has 3 heterocycles. The first-order valence-corrected chi connectivity index (χ1v) is 9.41. The molecule has 0 bridgehead atoms. The van der Waals surface area contributed by atoms with Crippen LogP contribution in [0.3, 0.4) is 0 Å². The minimum atomic E-state index is 0. The average Bonchev–Trinajstić information content (AvgIpc) is 3.32. The molecule has 2 N–H and O–H groups in total. The minimum absolute atomic E-state index is 0. The van der Waals surface area contributed by atoms with Crippen LogP contribution in [-0.2, 0) is 19.5 Å². The van der Waals surface area contributed by atoms with Crippen LogP contribution in [0.15, 0.2) is 35.7 Å². The second kappa shape index (κ2) is 10.9. The van der Waals surface area contributed by atoms with Gasteiger partial charge in [0.15, 0.2) is 17.4 Å². The fraction of sp³-hybridized carbons (Fsp3) is 0.500. The molecule has 3 rings (SSSR count). The number of aryl methyl sites for hydroxylation is 1. The summed E-state index contributed by atoms with van der Waals surface area (Å²) in [4.78, 5) is 4.70. The molecule has 1 atom stereocenters. The topological polar surface area (TPSA) is 97.3 Å². The van der Waals surface area contributed by atoms with Gasteiger partial charge in [0.1, 0.15) is 18.7 Å². The molecule has 0 aliphatic rings. The number of rotatable bonds is 8. The molecule has 10 heteroatoms. The highest BCUT2D eigenvalue weighted by Crippen LogP contribution is 2.04. The Balaban J connectivity index is 0.00000280. The SMILES string of the molecule is CCc1nncn1CCNC(=NCc1nnc2ccccn12)NC(C)CC.I. The van der Waals surface area contributed by atoms with Gasteiger partial charge in [-0.2, -0.15) is 0 Å². The molecule has 0 aliphatic carbocycles. The molecule has 0 saturated carbocycles. The quantitative estimate of drug-likeness (QED) is 0.281. The standard InChI is InChI=1S/C18H27N9.HI/c1-4-14(3)22-18(19-9-11-26-13-21-23-15(26)5-2)20-12-17-25-24-16-8-6-7-10-27(16)17;/h6-8,10,13-14H,4-5,9,11-12H2,1-3H3,(H2,19,20,22);1H. The van der Waals surface area contributed by atoms with Crippen LogP contribution in [0.5, 0.6) is 0 Å². The van der Waals surface area contributed by atoms with Gasteiger partial charge in [-0.1, -0.05) is 19.9 Å². The van der Waals surface area contributed by atoms with E-state index in [-0.39, 0.29) is 24.0 Å². The Kier molecular flexibility index (Phi) is 8.61. The zero-order valence-corrected chi connectivity index (χ0v) is 18.9. The monoisotopic (exact) mass is 497 g/mol. The molecule has 9 nitrogen and oxygen atoms in total. The van der Waals surface area contributed by atoms with Crippen LogP contribution >= 0.6 is 24.0 Å². The highest BCUT2D eigenvalue weighted by Gasteiger charge is 2.07. The van der Waals surface area contributed by atoms with E-state index in [0.717, 1.165) is 49.2 Å². The van der Waals surface area contributed by atoms with Crippen molar-refractivity contribution in [3.63, 3.8) is 0 Å². The third-order valence-electron chi connectivity index (χ3n) is 4.42. The van der Waals surface area contributed by atoms with Gasteiger partial charge in [0.25, 0.3) is 0 Å². The van der Waals surface area contributed by atoms with Crippen molar-refractivity contribution in [1.29, 1.82) is 0 Å². The van der Waals surface area contributed by atoms with Gasteiger partial charge >= 0.3 is 0 Å². The normalized spacial score (nSPS) is 12.6. The first kappa shape index (κ1) is 22.1. The Bertz CT molecular complexity index is 886. The Labute approximate surface area is 182 Å². The smallest absolute Gasteiger partial charge is 0.191 e. The molecular formula is C18H28IN9. The Morgan fingerprint density at radius 2 is 2.04 bits per heavy atom. The first-order chi connectivity index (χ1) is 13.2. The first-order valence-electron chi connectivity index (χ1n) is 9.41. The number of aromatic nitrogens is 6. The van der Waals surface area contributed by atoms with E-state index in [0.29, 0.717) is 12.6 Å². The zero-order chi connectivity index (χ0) is 19.1. The second-order valence-electron chi connectivity index (χ2n) is 6.38.